The highest BCUT2D eigenvalue weighted by Crippen LogP contribution is 2.31. The molecule has 0 aromatic rings. The normalized spacial score (nSPS) is 32.5. The molecule has 2 nitrogen and oxygen atoms in total. The van der Waals surface area contributed by atoms with Crippen LogP contribution in [0, 0.1) is 17.8 Å². The second kappa shape index (κ2) is 5.53. The van der Waals surface area contributed by atoms with Gasteiger partial charge in [-0.2, -0.15) is 0 Å². The first-order valence-corrected chi connectivity index (χ1v) is 6.19. The van der Waals surface area contributed by atoms with E-state index in [0.29, 0.717) is 11.8 Å². The van der Waals surface area contributed by atoms with Crippen molar-refractivity contribution in [2.24, 2.45) is 17.8 Å². The van der Waals surface area contributed by atoms with Crippen LogP contribution in [0.1, 0.15) is 53.4 Å². The highest BCUT2D eigenvalue weighted by atomic mass is 16.5. The van der Waals surface area contributed by atoms with Crippen molar-refractivity contribution in [3.8, 4) is 0 Å². The standard InChI is InChI=1S/C13H24O2/c1-9(2)15-13(14)12-7-10(3)5-6-11(4)8-12/h9-12H,5-8H2,1-4H3. The van der Waals surface area contributed by atoms with Crippen LogP contribution in [0.15, 0.2) is 0 Å². The third kappa shape index (κ3) is 4.23. The molecule has 0 aromatic heterocycles. The molecule has 1 fully saturated rings. The lowest BCUT2D eigenvalue weighted by Gasteiger charge is -2.18. The molecule has 0 saturated heterocycles. The molecule has 0 N–H and O–H groups in total. The number of rotatable bonds is 2. The summed E-state index contributed by atoms with van der Waals surface area (Å²) in [6, 6.07) is 0. The number of hydrogen-bond donors (Lipinski definition) is 0. The minimum atomic E-state index is 0.0191. The zero-order chi connectivity index (χ0) is 11.4. The van der Waals surface area contributed by atoms with Crippen LogP contribution in [-0.2, 0) is 9.53 Å². The van der Waals surface area contributed by atoms with E-state index in [2.05, 4.69) is 13.8 Å². The maximum Gasteiger partial charge on any atom is 0.309 e. The lowest BCUT2D eigenvalue weighted by atomic mass is 9.93. The van der Waals surface area contributed by atoms with Crippen molar-refractivity contribution in [3.63, 3.8) is 0 Å². The summed E-state index contributed by atoms with van der Waals surface area (Å²) in [5, 5.41) is 0. The second-order valence-corrected chi connectivity index (χ2v) is 5.44. The Labute approximate surface area is 93.4 Å². The Hall–Kier alpha value is -0.530. The molecule has 0 radical (unpaired) electrons. The van der Waals surface area contributed by atoms with Crippen molar-refractivity contribution in [1.82, 2.24) is 0 Å². The first-order chi connectivity index (χ1) is 6.99. The Balaban J connectivity index is 2.54. The van der Waals surface area contributed by atoms with E-state index in [0.717, 1.165) is 12.8 Å². The Kier molecular flexibility index (Phi) is 4.62. The van der Waals surface area contributed by atoms with Crippen molar-refractivity contribution in [3.05, 3.63) is 0 Å². The summed E-state index contributed by atoms with van der Waals surface area (Å²) in [7, 11) is 0. The minimum Gasteiger partial charge on any atom is -0.463 e. The van der Waals surface area contributed by atoms with Gasteiger partial charge in [-0.15, -0.1) is 0 Å². The lowest BCUT2D eigenvalue weighted by molar-refractivity contribution is -0.153. The van der Waals surface area contributed by atoms with E-state index < -0.39 is 0 Å². The third-order valence-electron chi connectivity index (χ3n) is 3.21. The first-order valence-electron chi connectivity index (χ1n) is 6.19. The molecule has 1 rings (SSSR count). The second-order valence-electron chi connectivity index (χ2n) is 5.44. The third-order valence-corrected chi connectivity index (χ3v) is 3.21. The summed E-state index contributed by atoms with van der Waals surface area (Å²) in [5.41, 5.74) is 0. The van der Waals surface area contributed by atoms with E-state index in [-0.39, 0.29) is 18.0 Å². The van der Waals surface area contributed by atoms with E-state index in [1.807, 2.05) is 13.8 Å². The highest BCUT2D eigenvalue weighted by molar-refractivity contribution is 5.72. The molecule has 1 aliphatic carbocycles. The maximum absolute atomic E-state index is 11.8. The Morgan fingerprint density at radius 1 is 1.13 bits per heavy atom. The smallest absolute Gasteiger partial charge is 0.309 e. The summed E-state index contributed by atoms with van der Waals surface area (Å²) in [5.74, 6) is 1.49. The van der Waals surface area contributed by atoms with Crippen molar-refractivity contribution in [1.29, 1.82) is 0 Å². The molecule has 0 heterocycles. The number of hydrogen-bond acceptors (Lipinski definition) is 2. The summed E-state index contributed by atoms with van der Waals surface area (Å²) >= 11 is 0. The van der Waals surface area contributed by atoms with E-state index >= 15 is 0 Å². The molecule has 1 aliphatic rings. The minimum absolute atomic E-state index is 0.0191. The zero-order valence-electron chi connectivity index (χ0n) is 10.5. The molecule has 0 bridgehead atoms. The zero-order valence-corrected chi connectivity index (χ0v) is 10.5. The van der Waals surface area contributed by atoms with Gasteiger partial charge >= 0.3 is 5.97 Å². The van der Waals surface area contributed by atoms with Crippen LogP contribution < -0.4 is 0 Å². The van der Waals surface area contributed by atoms with Crippen molar-refractivity contribution < 1.29 is 9.53 Å². The molecule has 15 heavy (non-hydrogen) atoms. The number of ether oxygens (including phenoxy) is 1. The molecule has 0 amide bonds. The van der Waals surface area contributed by atoms with Crippen molar-refractivity contribution in [2.45, 2.75) is 59.5 Å². The van der Waals surface area contributed by atoms with Crippen LogP contribution in [0.3, 0.4) is 0 Å². The SMILES string of the molecule is CC1CCC(C)CC(C(=O)OC(C)C)C1. The Morgan fingerprint density at radius 2 is 1.60 bits per heavy atom. The van der Waals surface area contributed by atoms with Gasteiger partial charge in [0.1, 0.15) is 0 Å². The largest absolute Gasteiger partial charge is 0.463 e. The Morgan fingerprint density at radius 3 is 2.00 bits per heavy atom. The van der Waals surface area contributed by atoms with Crippen LogP contribution >= 0.6 is 0 Å². The molecule has 2 atom stereocenters. The van der Waals surface area contributed by atoms with Crippen LogP contribution in [0.25, 0.3) is 0 Å². The summed E-state index contributed by atoms with van der Waals surface area (Å²) in [6.07, 6.45) is 4.55. The average Bonchev–Trinajstić information content (AvgIpc) is 2.27. The van der Waals surface area contributed by atoms with Crippen LogP contribution in [0.2, 0.25) is 0 Å². The van der Waals surface area contributed by atoms with E-state index in [4.69, 9.17) is 4.74 Å². The fourth-order valence-electron chi connectivity index (χ4n) is 2.39. The quantitative estimate of drug-likeness (QED) is 0.518. The van der Waals surface area contributed by atoms with Crippen LogP contribution in [0.4, 0.5) is 0 Å². The van der Waals surface area contributed by atoms with Gasteiger partial charge in [0.05, 0.1) is 12.0 Å². The van der Waals surface area contributed by atoms with Gasteiger partial charge in [0.2, 0.25) is 0 Å². The number of esters is 1. The summed E-state index contributed by atoms with van der Waals surface area (Å²) in [6.45, 7) is 8.32. The highest BCUT2D eigenvalue weighted by Gasteiger charge is 2.28. The van der Waals surface area contributed by atoms with Gasteiger partial charge in [-0.25, -0.2) is 0 Å². The monoisotopic (exact) mass is 212 g/mol. The van der Waals surface area contributed by atoms with E-state index in [9.17, 15) is 4.79 Å². The van der Waals surface area contributed by atoms with Gasteiger partial charge in [0, 0.05) is 0 Å². The summed E-state index contributed by atoms with van der Waals surface area (Å²) in [4.78, 5) is 11.8. The van der Waals surface area contributed by atoms with E-state index in [1.165, 1.54) is 12.8 Å². The van der Waals surface area contributed by atoms with Crippen LogP contribution in [0.5, 0.6) is 0 Å². The van der Waals surface area contributed by atoms with Gasteiger partial charge in [0.25, 0.3) is 0 Å². The molecule has 0 aliphatic heterocycles. The van der Waals surface area contributed by atoms with Gasteiger partial charge in [-0.1, -0.05) is 26.7 Å². The van der Waals surface area contributed by atoms with Gasteiger partial charge in [-0.05, 0) is 38.5 Å². The predicted molar refractivity (Wildman–Crippen MR) is 61.5 cm³/mol. The number of carbonyl (C=O) groups excluding carboxylic acids is 1. The molecule has 1 saturated carbocycles. The van der Waals surface area contributed by atoms with Gasteiger partial charge < -0.3 is 4.74 Å². The fourth-order valence-corrected chi connectivity index (χ4v) is 2.39. The summed E-state index contributed by atoms with van der Waals surface area (Å²) < 4.78 is 5.30. The molecular formula is C13H24O2. The molecule has 0 aromatic carbocycles. The van der Waals surface area contributed by atoms with Crippen molar-refractivity contribution >= 4 is 5.97 Å². The molecule has 2 unspecified atom stereocenters. The molecule has 2 heteroatoms. The fraction of sp³-hybridized carbons (Fsp3) is 0.923. The lowest BCUT2D eigenvalue weighted by Crippen LogP contribution is -2.23. The maximum atomic E-state index is 11.8. The van der Waals surface area contributed by atoms with Crippen molar-refractivity contribution in [2.75, 3.05) is 0 Å². The first kappa shape index (κ1) is 12.5. The Bertz CT molecular complexity index is 199. The topological polar surface area (TPSA) is 26.3 Å². The predicted octanol–water partition coefficient (Wildman–Crippen LogP) is 3.40. The van der Waals surface area contributed by atoms with Gasteiger partial charge in [-0.3, -0.25) is 4.79 Å². The number of carbonyl (C=O) groups is 1. The molecule has 88 valence electrons. The van der Waals surface area contributed by atoms with Crippen LogP contribution in [-0.4, -0.2) is 12.1 Å². The average molecular weight is 212 g/mol. The molecule has 0 spiro atoms. The van der Waals surface area contributed by atoms with E-state index in [1.54, 1.807) is 0 Å². The molecular weight excluding hydrogens is 188 g/mol. The van der Waals surface area contributed by atoms with Gasteiger partial charge in [0.15, 0.2) is 0 Å².